The van der Waals surface area contributed by atoms with E-state index in [1.165, 1.54) is 0 Å². The first-order chi connectivity index (χ1) is 24.0. The van der Waals surface area contributed by atoms with Crippen LogP contribution < -0.4 is 15.6 Å². The van der Waals surface area contributed by atoms with Crippen molar-refractivity contribution in [2.45, 2.75) is 31.0 Å². The Kier molecular flexibility index (Phi) is 11.2. The highest BCUT2D eigenvalue weighted by Gasteiger charge is 2.52. The summed E-state index contributed by atoms with van der Waals surface area (Å²) in [7, 11) is 0. The lowest BCUT2D eigenvalue weighted by Crippen LogP contribution is -2.52. The molecule has 0 saturated heterocycles. The molecule has 0 aromatic heterocycles. The van der Waals surface area contributed by atoms with Crippen LogP contribution in [0.4, 0.5) is 0 Å². The fourth-order valence-corrected chi connectivity index (χ4v) is 5.93. The summed E-state index contributed by atoms with van der Waals surface area (Å²) < 4.78 is 12.4. The van der Waals surface area contributed by atoms with Crippen LogP contribution in [0.5, 0.6) is 5.75 Å². The lowest BCUT2D eigenvalue weighted by atomic mass is 9.84. The van der Waals surface area contributed by atoms with Gasteiger partial charge in [0.25, 0.3) is 5.91 Å². The summed E-state index contributed by atoms with van der Waals surface area (Å²) in [5.74, 6) is 0.698. The maximum atomic E-state index is 14.5. The lowest BCUT2D eigenvalue weighted by molar-refractivity contribution is -0.129. The maximum Gasteiger partial charge on any atom is 0.266 e. The van der Waals surface area contributed by atoms with Gasteiger partial charge in [0.2, 0.25) is 5.90 Å². The third-order valence-corrected chi connectivity index (χ3v) is 8.51. The average molecular weight is 672 g/mol. The van der Waals surface area contributed by atoms with Crippen molar-refractivity contribution in [3.8, 4) is 16.9 Å². The molecule has 8 heteroatoms. The van der Waals surface area contributed by atoms with Gasteiger partial charge in [-0.1, -0.05) is 121 Å². The molecule has 0 saturated carbocycles. The van der Waals surface area contributed by atoms with Gasteiger partial charge in [-0.05, 0) is 64.2 Å². The molecule has 248 valence electrons. The zero-order valence-corrected chi connectivity index (χ0v) is 27.7. The highest BCUT2D eigenvalue weighted by atomic mass is 35.5. The van der Waals surface area contributed by atoms with Gasteiger partial charge in [-0.25, -0.2) is 10.4 Å². The van der Waals surface area contributed by atoms with Gasteiger partial charge in [0.15, 0.2) is 11.6 Å². The van der Waals surface area contributed by atoms with Gasteiger partial charge >= 0.3 is 0 Å². The van der Waals surface area contributed by atoms with Crippen LogP contribution in [0.1, 0.15) is 41.2 Å². The summed E-state index contributed by atoms with van der Waals surface area (Å²) in [6.07, 6.45) is 4.05. The second-order valence-electron chi connectivity index (χ2n) is 11.7. The minimum Gasteiger partial charge on any atom is -0.494 e. The molecule has 0 unspecified atom stereocenters. The first kappa shape index (κ1) is 33.7. The van der Waals surface area contributed by atoms with Crippen LogP contribution in [0.3, 0.4) is 0 Å². The number of hydrazine groups is 1. The van der Waals surface area contributed by atoms with Crippen LogP contribution in [0.2, 0.25) is 5.02 Å². The van der Waals surface area contributed by atoms with Gasteiger partial charge in [0.05, 0.1) is 6.61 Å². The minimum absolute atomic E-state index is 0.0628. The monoisotopic (exact) mass is 671 g/mol. The Hall–Kier alpha value is -5.21. The van der Waals surface area contributed by atoms with E-state index >= 15 is 0 Å². The molecular formula is C41H38ClN3O4. The Morgan fingerprint density at radius 3 is 2.27 bits per heavy atom. The number of hydrogen-bond donors (Lipinski definition) is 3. The number of nitrogens with one attached hydrogen (secondary N) is 2. The van der Waals surface area contributed by atoms with Crippen molar-refractivity contribution in [1.29, 1.82) is 0 Å². The van der Waals surface area contributed by atoms with Crippen molar-refractivity contribution in [2.24, 2.45) is 4.99 Å². The number of benzene rings is 5. The van der Waals surface area contributed by atoms with Crippen molar-refractivity contribution in [1.82, 2.24) is 10.9 Å². The number of nitrogens with zero attached hydrogens (tertiary/aromatic N) is 1. The molecule has 3 N–H and O–H groups in total. The van der Waals surface area contributed by atoms with Crippen LogP contribution >= 0.6 is 11.6 Å². The molecule has 2 atom stereocenters. The van der Waals surface area contributed by atoms with Gasteiger partial charge in [0, 0.05) is 36.6 Å². The lowest BCUT2D eigenvalue weighted by Gasteiger charge is -2.30. The summed E-state index contributed by atoms with van der Waals surface area (Å²) in [6.45, 7) is 0.842. The van der Waals surface area contributed by atoms with Gasteiger partial charge < -0.3 is 14.6 Å². The Morgan fingerprint density at radius 1 is 0.857 bits per heavy atom. The summed E-state index contributed by atoms with van der Waals surface area (Å²) in [4.78, 5) is 19.6. The van der Waals surface area contributed by atoms with E-state index in [-0.39, 0.29) is 18.9 Å². The van der Waals surface area contributed by atoms with Gasteiger partial charge in [-0.15, -0.1) is 0 Å². The maximum absolute atomic E-state index is 14.5. The zero-order valence-electron chi connectivity index (χ0n) is 27.0. The van der Waals surface area contributed by atoms with Crippen LogP contribution in [-0.2, 0) is 16.1 Å². The molecule has 0 fully saturated rings. The molecule has 0 spiro atoms. The molecular weight excluding hydrogens is 634 g/mol. The normalized spacial score (nSPS) is 17.0. The number of halogens is 1. The molecule has 7 nitrogen and oxygen atoms in total. The van der Waals surface area contributed by atoms with E-state index in [4.69, 9.17) is 31.2 Å². The fraction of sp³-hybridized carbons (Fsp3) is 0.171. The third-order valence-electron chi connectivity index (χ3n) is 8.27. The van der Waals surface area contributed by atoms with E-state index < -0.39 is 11.6 Å². The Bertz CT molecular complexity index is 1880. The van der Waals surface area contributed by atoms with Crippen LogP contribution in [-0.4, -0.2) is 35.7 Å². The highest BCUT2D eigenvalue weighted by molar-refractivity contribution is 6.30. The van der Waals surface area contributed by atoms with Gasteiger partial charge in [0.1, 0.15) is 5.75 Å². The summed E-state index contributed by atoms with van der Waals surface area (Å²) in [5, 5.41) is 9.73. The van der Waals surface area contributed by atoms with Crippen molar-refractivity contribution in [2.75, 3.05) is 13.2 Å². The van der Waals surface area contributed by atoms with E-state index in [0.29, 0.717) is 41.8 Å². The van der Waals surface area contributed by atoms with Crippen molar-refractivity contribution in [3.05, 3.63) is 167 Å². The number of ether oxygens (including phenoxy) is 2. The van der Waals surface area contributed by atoms with Crippen molar-refractivity contribution < 1.29 is 19.4 Å². The molecule has 49 heavy (non-hydrogen) atoms. The van der Waals surface area contributed by atoms with E-state index in [2.05, 4.69) is 23.0 Å². The van der Waals surface area contributed by atoms with E-state index in [1.807, 2.05) is 133 Å². The first-order valence-corrected chi connectivity index (χ1v) is 16.7. The molecule has 1 heterocycles. The van der Waals surface area contributed by atoms with Gasteiger partial charge in [-0.3, -0.25) is 10.2 Å². The standard InChI is InChI=1S/C41H38ClN3O4/c42-36-16-7-12-31(28-36)29-43-45-40(47)41(25-8-13-30-10-3-1-4-11-30)38(34-19-17-33(18-20-34)32-14-5-2-6-15-32)49-39(44-41)35-21-23-37(24-22-35)48-27-9-26-46/h1-8,10-24,28,38,43,46H,9,25-27,29H2,(H,45,47)/b13-8+/t38-,41-/m0/s1. The predicted octanol–water partition coefficient (Wildman–Crippen LogP) is 7.95. The molecule has 1 amide bonds. The number of aliphatic imine (C=N–C) groups is 1. The number of hydrogen-bond acceptors (Lipinski definition) is 6. The fourth-order valence-electron chi connectivity index (χ4n) is 5.72. The van der Waals surface area contributed by atoms with E-state index in [0.717, 1.165) is 27.8 Å². The highest BCUT2D eigenvalue weighted by Crippen LogP contribution is 2.43. The topological polar surface area (TPSA) is 92.2 Å². The van der Waals surface area contributed by atoms with Crippen LogP contribution in [0.15, 0.2) is 145 Å². The quantitative estimate of drug-likeness (QED) is 0.0823. The molecule has 5 aromatic rings. The molecule has 1 aliphatic heterocycles. The van der Waals surface area contributed by atoms with Crippen LogP contribution in [0, 0.1) is 0 Å². The van der Waals surface area contributed by atoms with Crippen molar-refractivity contribution in [3.63, 3.8) is 0 Å². The predicted molar refractivity (Wildman–Crippen MR) is 195 cm³/mol. The second-order valence-corrected chi connectivity index (χ2v) is 12.2. The number of aliphatic hydroxyl groups excluding tert-OH is 1. The third kappa shape index (κ3) is 8.45. The van der Waals surface area contributed by atoms with Gasteiger partial charge in [-0.2, -0.15) is 0 Å². The van der Waals surface area contributed by atoms with Crippen molar-refractivity contribution >= 4 is 29.5 Å². The van der Waals surface area contributed by atoms with E-state index in [9.17, 15) is 4.79 Å². The molecule has 0 bridgehead atoms. The van der Waals surface area contributed by atoms with Crippen LogP contribution in [0.25, 0.3) is 17.2 Å². The summed E-state index contributed by atoms with van der Waals surface area (Å²) in [5.41, 5.74) is 10.3. The minimum atomic E-state index is -1.35. The van der Waals surface area contributed by atoms with E-state index in [1.54, 1.807) is 0 Å². The first-order valence-electron chi connectivity index (χ1n) is 16.3. The molecule has 6 rings (SSSR count). The molecule has 5 aromatic carbocycles. The number of carbonyl (C=O) groups is 1. The number of amides is 1. The molecule has 0 aliphatic carbocycles. The number of aliphatic hydroxyl groups is 1. The molecule has 1 aliphatic rings. The molecule has 0 radical (unpaired) electrons. The number of rotatable bonds is 14. The second kappa shape index (κ2) is 16.3. The number of carbonyl (C=O) groups excluding carboxylic acids is 1. The Labute approximate surface area is 291 Å². The SMILES string of the molecule is O=C(NNCc1cccc(Cl)c1)[C@@]1(C/C=C/c2ccccc2)N=C(c2ccc(OCCCO)cc2)O[C@H]1c1ccc(-c2ccccc2)cc1. The average Bonchev–Trinajstić information content (AvgIpc) is 3.54. The largest absolute Gasteiger partial charge is 0.494 e. The summed E-state index contributed by atoms with van der Waals surface area (Å²) in [6, 6.07) is 43.1. The smallest absolute Gasteiger partial charge is 0.266 e. The zero-order chi connectivity index (χ0) is 33.9. The Morgan fingerprint density at radius 2 is 1.55 bits per heavy atom. The summed E-state index contributed by atoms with van der Waals surface area (Å²) >= 11 is 6.20. The Balaban J connectivity index is 1.35.